The minimum atomic E-state index is -2.63. The van der Waals surface area contributed by atoms with Gasteiger partial charge in [0, 0.05) is 42.3 Å². The van der Waals surface area contributed by atoms with E-state index >= 15 is 0 Å². The molecule has 1 heterocycles. The standard InChI is InChI=1S/C21H29N2O5P/c1-14(23(2)13-20(27)29(3,4)28)10-17(25)11-16(24)9-8-15-12-22-18-6-5-7-19(26)21(15)18/h5-7,10-12,20,22,25-27H,8-9,13H2,1-4H3/b14-10-,17-11?. The second kappa shape index (κ2) is 9.33. The first-order chi connectivity index (χ1) is 13.5. The first-order valence-corrected chi connectivity index (χ1v) is 12.0. The highest BCUT2D eigenvalue weighted by Gasteiger charge is 2.21. The van der Waals surface area contributed by atoms with E-state index in [1.807, 2.05) is 6.07 Å². The van der Waals surface area contributed by atoms with E-state index in [2.05, 4.69) is 4.98 Å². The second-order valence-corrected chi connectivity index (χ2v) is 11.1. The summed E-state index contributed by atoms with van der Waals surface area (Å²) in [7, 11) is -0.915. The zero-order valence-corrected chi connectivity index (χ0v) is 18.1. The van der Waals surface area contributed by atoms with Crippen LogP contribution in [0.5, 0.6) is 5.75 Å². The minimum Gasteiger partial charge on any atom is -0.508 e. The van der Waals surface area contributed by atoms with Crippen molar-refractivity contribution in [3.63, 3.8) is 0 Å². The zero-order chi connectivity index (χ0) is 21.8. The molecule has 1 atom stereocenters. The molecule has 4 N–H and O–H groups in total. The van der Waals surface area contributed by atoms with Crippen LogP contribution in [0.15, 0.2) is 48.0 Å². The highest BCUT2D eigenvalue weighted by atomic mass is 31.2. The second-order valence-electron chi connectivity index (χ2n) is 7.63. The lowest BCUT2D eigenvalue weighted by atomic mass is 10.1. The predicted octanol–water partition coefficient (Wildman–Crippen LogP) is 3.59. The van der Waals surface area contributed by atoms with Gasteiger partial charge in [-0.3, -0.25) is 4.79 Å². The maximum Gasteiger partial charge on any atom is 0.159 e. The van der Waals surface area contributed by atoms with Crippen LogP contribution in [0.3, 0.4) is 0 Å². The summed E-state index contributed by atoms with van der Waals surface area (Å²) in [6.45, 7) is 4.94. The number of aryl methyl sites for hydroxylation is 1. The highest BCUT2D eigenvalue weighted by molar-refractivity contribution is 7.62. The molecule has 0 aliphatic heterocycles. The van der Waals surface area contributed by atoms with Crippen LogP contribution in [0.25, 0.3) is 10.9 Å². The molecule has 1 aromatic carbocycles. The first-order valence-electron chi connectivity index (χ1n) is 9.32. The molecule has 2 rings (SSSR count). The molecular formula is C21H29N2O5P. The van der Waals surface area contributed by atoms with Crippen molar-refractivity contribution in [3.05, 3.63) is 53.6 Å². The third kappa shape index (κ3) is 6.24. The molecule has 0 fully saturated rings. The summed E-state index contributed by atoms with van der Waals surface area (Å²) in [4.78, 5) is 16.9. The number of carbonyl (C=O) groups excluding carboxylic acids is 1. The lowest BCUT2D eigenvalue weighted by Crippen LogP contribution is -2.27. The molecule has 7 nitrogen and oxygen atoms in total. The number of hydrogen-bond donors (Lipinski definition) is 4. The van der Waals surface area contributed by atoms with Crippen LogP contribution in [0, 0.1) is 0 Å². The van der Waals surface area contributed by atoms with E-state index in [4.69, 9.17) is 0 Å². The molecule has 0 amide bonds. The van der Waals surface area contributed by atoms with Gasteiger partial charge in [-0.1, -0.05) is 6.07 Å². The molecule has 1 aromatic heterocycles. The molecule has 1 unspecified atom stereocenters. The fourth-order valence-electron chi connectivity index (χ4n) is 2.88. The van der Waals surface area contributed by atoms with Gasteiger partial charge in [-0.05, 0) is 50.4 Å². The van der Waals surface area contributed by atoms with Crippen molar-refractivity contribution in [2.24, 2.45) is 0 Å². The number of aliphatic hydroxyl groups excluding tert-OH is 2. The number of benzene rings is 1. The molecular weight excluding hydrogens is 391 g/mol. The quantitative estimate of drug-likeness (QED) is 0.213. The Morgan fingerprint density at radius 1 is 1.31 bits per heavy atom. The number of aromatic hydroxyl groups is 1. The van der Waals surface area contributed by atoms with Crippen molar-refractivity contribution in [1.82, 2.24) is 9.88 Å². The number of allylic oxidation sites excluding steroid dienone is 3. The number of fused-ring (bicyclic) bond motifs is 1. The Balaban J connectivity index is 1.98. The third-order valence-electron chi connectivity index (χ3n) is 4.83. The molecule has 8 heteroatoms. The number of nitrogens with zero attached hydrogens (tertiary/aromatic N) is 1. The largest absolute Gasteiger partial charge is 0.508 e. The van der Waals surface area contributed by atoms with Crippen LogP contribution in [0.4, 0.5) is 0 Å². The van der Waals surface area contributed by atoms with E-state index in [-0.39, 0.29) is 30.3 Å². The van der Waals surface area contributed by atoms with Gasteiger partial charge in [0.05, 0.1) is 6.54 Å². The number of likely N-dealkylation sites (N-methyl/N-ethyl adjacent to an activating group) is 1. The summed E-state index contributed by atoms with van der Waals surface area (Å²) >= 11 is 0. The Labute approximate surface area is 170 Å². The summed E-state index contributed by atoms with van der Waals surface area (Å²) in [5, 5.41) is 30.7. The molecule has 0 bridgehead atoms. The molecule has 0 saturated heterocycles. The van der Waals surface area contributed by atoms with Gasteiger partial charge in [-0.2, -0.15) is 0 Å². The van der Waals surface area contributed by atoms with Gasteiger partial charge in [0.15, 0.2) is 5.78 Å². The maximum atomic E-state index is 12.2. The third-order valence-corrected chi connectivity index (χ3v) is 6.43. The molecule has 0 saturated carbocycles. The Morgan fingerprint density at radius 2 is 2.00 bits per heavy atom. The summed E-state index contributed by atoms with van der Waals surface area (Å²) in [5.74, 6) is -1.23. The van der Waals surface area contributed by atoms with Gasteiger partial charge in [-0.15, -0.1) is 0 Å². The number of ketones is 1. The summed E-state index contributed by atoms with van der Waals surface area (Å²) in [6, 6.07) is 5.20. The topological polar surface area (TPSA) is 114 Å². The van der Waals surface area contributed by atoms with E-state index in [1.165, 1.54) is 19.4 Å². The van der Waals surface area contributed by atoms with E-state index in [0.29, 0.717) is 17.5 Å². The van der Waals surface area contributed by atoms with E-state index in [1.54, 1.807) is 37.2 Å². The van der Waals surface area contributed by atoms with Gasteiger partial charge >= 0.3 is 0 Å². The number of nitrogens with one attached hydrogen (secondary N) is 1. The molecule has 0 aliphatic carbocycles. The van der Waals surface area contributed by atoms with Crippen LogP contribution in [0.1, 0.15) is 18.9 Å². The van der Waals surface area contributed by atoms with Crippen LogP contribution >= 0.6 is 7.14 Å². The normalized spacial score (nSPS) is 14.2. The number of phenols is 1. The Kier molecular flexibility index (Phi) is 7.33. The van der Waals surface area contributed by atoms with Gasteiger partial charge in [-0.25, -0.2) is 0 Å². The monoisotopic (exact) mass is 420 g/mol. The van der Waals surface area contributed by atoms with Crippen LogP contribution in [-0.2, 0) is 15.8 Å². The number of hydrogen-bond acceptors (Lipinski definition) is 6. The molecule has 0 radical (unpaired) electrons. The van der Waals surface area contributed by atoms with Crippen molar-refractivity contribution in [3.8, 4) is 5.75 Å². The van der Waals surface area contributed by atoms with Crippen molar-refractivity contribution < 1.29 is 24.7 Å². The molecule has 0 spiro atoms. The number of carbonyl (C=O) groups is 1. The number of H-pyrrole nitrogens is 1. The number of aromatic amines is 1. The van der Waals surface area contributed by atoms with Gasteiger partial charge in [0.2, 0.25) is 0 Å². The van der Waals surface area contributed by atoms with Crippen molar-refractivity contribution >= 4 is 23.8 Å². The van der Waals surface area contributed by atoms with Gasteiger partial charge in [0.25, 0.3) is 0 Å². The maximum absolute atomic E-state index is 12.2. The van der Waals surface area contributed by atoms with Crippen molar-refractivity contribution in [2.45, 2.75) is 25.6 Å². The van der Waals surface area contributed by atoms with E-state index in [9.17, 15) is 24.7 Å². The molecule has 29 heavy (non-hydrogen) atoms. The summed E-state index contributed by atoms with van der Waals surface area (Å²) < 4.78 is 11.9. The van der Waals surface area contributed by atoms with Crippen LogP contribution < -0.4 is 0 Å². The SMILES string of the molecule is C/C(=C/C(O)=CC(=O)CCc1c[nH]c2cccc(O)c12)N(C)CC(O)P(C)(C)=O. The fourth-order valence-corrected chi connectivity index (χ4v) is 3.52. The molecule has 158 valence electrons. The fraction of sp³-hybridized carbons (Fsp3) is 0.381. The number of aliphatic hydroxyl groups is 2. The lowest BCUT2D eigenvalue weighted by molar-refractivity contribution is -0.114. The number of rotatable bonds is 9. The van der Waals surface area contributed by atoms with Crippen LogP contribution in [-0.4, -0.2) is 63.8 Å². The van der Waals surface area contributed by atoms with Crippen molar-refractivity contribution in [2.75, 3.05) is 26.9 Å². The first kappa shape index (κ1) is 22.8. The molecule has 2 aromatic rings. The van der Waals surface area contributed by atoms with Gasteiger partial charge < -0.3 is 29.8 Å². The zero-order valence-electron chi connectivity index (χ0n) is 17.2. The Morgan fingerprint density at radius 3 is 2.66 bits per heavy atom. The van der Waals surface area contributed by atoms with Crippen LogP contribution in [0.2, 0.25) is 0 Å². The molecule has 0 aliphatic rings. The Hall–Kier alpha value is -2.50. The minimum absolute atomic E-state index is 0.164. The van der Waals surface area contributed by atoms with Crippen molar-refractivity contribution in [1.29, 1.82) is 0 Å². The predicted molar refractivity (Wildman–Crippen MR) is 116 cm³/mol. The summed E-state index contributed by atoms with van der Waals surface area (Å²) in [6.07, 6.45) is 4.97. The lowest BCUT2D eigenvalue weighted by Gasteiger charge is -2.25. The Bertz CT molecular complexity index is 986. The summed E-state index contributed by atoms with van der Waals surface area (Å²) in [5.41, 5.74) is 2.27. The van der Waals surface area contributed by atoms with E-state index in [0.717, 1.165) is 17.2 Å². The smallest absolute Gasteiger partial charge is 0.159 e. The number of phenolic OH excluding ortho intramolecular Hbond substituents is 1. The van der Waals surface area contributed by atoms with Gasteiger partial charge in [0.1, 0.15) is 24.5 Å². The average Bonchev–Trinajstić information content (AvgIpc) is 3.03. The van der Waals surface area contributed by atoms with E-state index < -0.39 is 13.0 Å². The highest BCUT2D eigenvalue weighted by Crippen LogP contribution is 2.41. The number of aromatic nitrogens is 1. The average molecular weight is 420 g/mol.